The van der Waals surface area contributed by atoms with Gasteiger partial charge in [-0.2, -0.15) is 0 Å². The standard InChI is InChI=1S/C14H14ClN3O2/c1-20-11-4-2-3-10(7-11)5-6-17-14(19)12-8-16-9-13(15)18-12/h2-4,7-9H,5-6H2,1H3,(H,17,19). The Morgan fingerprint density at radius 1 is 1.40 bits per heavy atom. The highest BCUT2D eigenvalue weighted by molar-refractivity contribution is 6.29. The fourth-order valence-electron chi connectivity index (χ4n) is 1.69. The van der Waals surface area contributed by atoms with Gasteiger partial charge in [0.25, 0.3) is 5.91 Å². The van der Waals surface area contributed by atoms with Crippen LogP contribution in [0.2, 0.25) is 5.15 Å². The lowest BCUT2D eigenvalue weighted by molar-refractivity contribution is 0.0949. The summed E-state index contributed by atoms with van der Waals surface area (Å²) in [6.07, 6.45) is 3.47. The summed E-state index contributed by atoms with van der Waals surface area (Å²) in [5.41, 5.74) is 1.30. The number of carbonyl (C=O) groups is 1. The number of nitrogens with one attached hydrogen (secondary N) is 1. The largest absolute Gasteiger partial charge is 0.497 e. The number of amides is 1. The lowest BCUT2D eigenvalue weighted by atomic mass is 10.1. The smallest absolute Gasteiger partial charge is 0.271 e. The molecule has 5 nitrogen and oxygen atoms in total. The Kier molecular flexibility index (Phi) is 4.90. The average molecular weight is 292 g/mol. The maximum atomic E-state index is 11.8. The summed E-state index contributed by atoms with van der Waals surface area (Å²) in [5.74, 6) is 0.512. The van der Waals surface area contributed by atoms with Gasteiger partial charge >= 0.3 is 0 Å². The Morgan fingerprint density at radius 3 is 3.00 bits per heavy atom. The van der Waals surface area contributed by atoms with Gasteiger partial charge in [-0.1, -0.05) is 23.7 Å². The topological polar surface area (TPSA) is 64.1 Å². The fourth-order valence-corrected chi connectivity index (χ4v) is 1.84. The van der Waals surface area contributed by atoms with Crippen LogP contribution in [0.25, 0.3) is 0 Å². The third-order valence-electron chi connectivity index (χ3n) is 2.67. The Labute approximate surface area is 122 Å². The van der Waals surface area contributed by atoms with Crippen LogP contribution in [0.4, 0.5) is 0 Å². The molecule has 1 aromatic heterocycles. The van der Waals surface area contributed by atoms with E-state index in [0.29, 0.717) is 13.0 Å². The highest BCUT2D eigenvalue weighted by Crippen LogP contribution is 2.12. The van der Waals surface area contributed by atoms with E-state index in [9.17, 15) is 4.79 Å². The van der Waals surface area contributed by atoms with E-state index in [1.54, 1.807) is 7.11 Å². The van der Waals surface area contributed by atoms with Gasteiger partial charge in [-0.15, -0.1) is 0 Å². The fraction of sp³-hybridized carbons (Fsp3) is 0.214. The summed E-state index contributed by atoms with van der Waals surface area (Å²) in [7, 11) is 1.62. The minimum Gasteiger partial charge on any atom is -0.497 e. The first-order valence-corrected chi connectivity index (χ1v) is 6.45. The molecule has 20 heavy (non-hydrogen) atoms. The molecule has 0 unspecified atom stereocenters. The molecule has 0 aliphatic heterocycles. The molecule has 0 fully saturated rings. The van der Waals surface area contributed by atoms with Gasteiger partial charge in [0.2, 0.25) is 0 Å². The Balaban J connectivity index is 1.88. The number of ether oxygens (including phenoxy) is 1. The molecule has 104 valence electrons. The van der Waals surface area contributed by atoms with Crippen LogP contribution in [-0.4, -0.2) is 29.5 Å². The van der Waals surface area contributed by atoms with Crippen molar-refractivity contribution in [1.29, 1.82) is 0 Å². The Hall–Kier alpha value is -2.14. The van der Waals surface area contributed by atoms with E-state index in [0.717, 1.165) is 11.3 Å². The monoisotopic (exact) mass is 291 g/mol. The average Bonchev–Trinajstić information content (AvgIpc) is 2.47. The molecule has 1 aromatic carbocycles. The van der Waals surface area contributed by atoms with Crippen LogP contribution in [0.3, 0.4) is 0 Å². The third-order valence-corrected chi connectivity index (χ3v) is 2.85. The van der Waals surface area contributed by atoms with E-state index in [4.69, 9.17) is 16.3 Å². The number of hydrogen-bond donors (Lipinski definition) is 1. The number of methoxy groups -OCH3 is 1. The predicted octanol–water partition coefficient (Wildman–Crippen LogP) is 2.11. The predicted molar refractivity (Wildman–Crippen MR) is 76.1 cm³/mol. The van der Waals surface area contributed by atoms with Crippen LogP contribution < -0.4 is 10.1 Å². The van der Waals surface area contributed by atoms with Crippen molar-refractivity contribution < 1.29 is 9.53 Å². The Morgan fingerprint density at radius 2 is 2.25 bits per heavy atom. The van der Waals surface area contributed by atoms with Crippen LogP contribution in [0.1, 0.15) is 16.1 Å². The summed E-state index contributed by atoms with van der Waals surface area (Å²) >= 11 is 5.68. The molecule has 0 saturated heterocycles. The quantitative estimate of drug-likeness (QED) is 0.916. The zero-order valence-electron chi connectivity index (χ0n) is 11.0. The molecule has 1 heterocycles. The number of aromatic nitrogens is 2. The summed E-state index contributed by atoms with van der Waals surface area (Å²) in [6, 6.07) is 7.71. The third kappa shape index (κ3) is 3.93. The molecule has 0 radical (unpaired) electrons. The molecule has 1 N–H and O–H groups in total. The van der Waals surface area contributed by atoms with Crippen LogP contribution in [-0.2, 0) is 6.42 Å². The van der Waals surface area contributed by atoms with Crippen molar-refractivity contribution in [2.75, 3.05) is 13.7 Å². The zero-order valence-corrected chi connectivity index (χ0v) is 11.7. The molecule has 0 saturated carbocycles. The van der Waals surface area contributed by atoms with E-state index < -0.39 is 0 Å². The number of benzene rings is 1. The van der Waals surface area contributed by atoms with Gasteiger partial charge in [-0.3, -0.25) is 9.78 Å². The van der Waals surface area contributed by atoms with Gasteiger partial charge < -0.3 is 10.1 Å². The maximum absolute atomic E-state index is 11.8. The van der Waals surface area contributed by atoms with Crippen LogP contribution >= 0.6 is 11.6 Å². The SMILES string of the molecule is COc1cccc(CCNC(=O)c2cncc(Cl)n2)c1. The van der Waals surface area contributed by atoms with Crippen molar-refractivity contribution in [3.05, 3.63) is 53.1 Å². The zero-order chi connectivity index (χ0) is 14.4. The van der Waals surface area contributed by atoms with E-state index in [2.05, 4.69) is 15.3 Å². The summed E-state index contributed by atoms with van der Waals surface area (Å²) < 4.78 is 5.14. The molecule has 6 heteroatoms. The van der Waals surface area contributed by atoms with Crippen LogP contribution in [0.5, 0.6) is 5.75 Å². The second kappa shape index (κ2) is 6.86. The van der Waals surface area contributed by atoms with Crippen molar-refractivity contribution in [1.82, 2.24) is 15.3 Å². The first-order valence-electron chi connectivity index (χ1n) is 6.07. The molecular weight excluding hydrogens is 278 g/mol. The second-order valence-corrected chi connectivity index (χ2v) is 4.47. The highest BCUT2D eigenvalue weighted by Gasteiger charge is 2.07. The van der Waals surface area contributed by atoms with Crippen molar-refractivity contribution in [3.63, 3.8) is 0 Å². The lowest BCUT2D eigenvalue weighted by Crippen LogP contribution is -2.26. The first kappa shape index (κ1) is 14.3. The van der Waals surface area contributed by atoms with Crippen molar-refractivity contribution >= 4 is 17.5 Å². The van der Waals surface area contributed by atoms with Crippen molar-refractivity contribution in [3.8, 4) is 5.75 Å². The first-order chi connectivity index (χ1) is 9.69. The minimum absolute atomic E-state index is 0.199. The molecule has 0 atom stereocenters. The van der Waals surface area contributed by atoms with Gasteiger partial charge in [0.15, 0.2) is 0 Å². The molecule has 0 spiro atoms. The van der Waals surface area contributed by atoms with Gasteiger partial charge in [0.1, 0.15) is 16.6 Å². The minimum atomic E-state index is -0.289. The number of hydrogen-bond acceptors (Lipinski definition) is 4. The number of halogens is 1. The number of nitrogens with zero attached hydrogens (tertiary/aromatic N) is 2. The molecule has 2 rings (SSSR count). The molecule has 0 bridgehead atoms. The van der Waals surface area contributed by atoms with Crippen LogP contribution in [0.15, 0.2) is 36.7 Å². The maximum Gasteiger partial charge on any atom is 0.271 e. The van der Waals surface area contributed by atoms with Crippen molar-refractivity contribution in [2.45, 2.75) is 6.42 Å². The van der Waals surface area contributed by atoms with Gasteiger partial charge in [0, 0.05) is 6.54 Å². The van der Waals surface area contributed by atoms with Crippen molar-refractivity contribution in [2.24, 2.45) is 0 Å². The Bertz CT molecular complexity index is 604. The number of rotatable bonds is 5. The molecule has 1 amide bonds. The summed E-state index contributed by atoms with van der Waals surface area (Å²) in [5, 5.41) is 2.97. The summed E-state index contributed by atoms with van der Waals surface area (Å²) in [4.78, 5) is 19.5. The normalized spacial score (nSPS) is 10.1. The van der Waals surface area contributed by atoms with Crippen LogP contribution in [0, 0.1) is 0 Å². The van der Waals surface area contributed by atoms with E-state index in [1.807, 2.05) is 24.3 Å². The molecule has 0 aliphatic rings. The number of carbonyl (C=O) groups excluding carboxylic acids is 1. The van der Waals surface area contributed by atoms with Gasteiger partial charge in [0.05, 0.1) is 19.5 Å². The van der Waals surface area contributed by atoms with E-state index in [-0.39, 0.29) is 16.8 Å². The van der Waals surface area contributed by atoms with E-state index >= 15 is 0 Å². The second-order valence-electron chi connectivity index (χ2n) is 4.08. The lowest BCUT2D eigenvalue weighted by Gasteiger charge is -2.06. The van der Waals surface area contributed by atoms with Gasteiger partial charge in [-0.05, 0) is 24.1 Å². The van der Waals surface area contributed by atoms with E-state index in [1.165, 1.54) is 12.4 Å². The van der Waals surface area contributed by atoms with Gasteiger partial charge in [-0.25, -0.2) is 4.98 Å². The molecular formula is C14H14ClN3O2. The molecule has 0 aliphatic carbocycles. The molecule has 2 aromatic rings. The summed E-state index contributed by atoms with van der Waals surface area (Å²) in [6.45, 7) is 0.500. The highest BCUT2D eigenvalue weighted by atomic mass is 35.5.